The summed E-state index contributed by atoms with van der Waals surface area (Å²) in [4.78, 5) is 10.6. The molecule has 0 aromatic heterocycles. The summed E-state index contributed by atoms with van der Waals surface area (Å²) in [5, 5.41) is 10.9. The molecule has 1 aliphatic rings. The summed E-state index contributed by atoms with van der Waals surface area (Å²) in [5.41, 5.74) is 1.98. The predicted molar refractivity (Wildman–Crippen MR) is 58.7 cm³/mol. The fourth-order valence-electron chi connectivity index (χ4n) is 1.72. The van der Waals surface area contributed by atoms with E-state index < -0.39 is 0 Å². The van der Waals surface area contributed by atoms with Crippen molar-refractivity contribution < 1.29 is 4.92 Å². The van der Waals surface area contributed by atoms with Gasteiger partial charge in [0.25, 0.3) is 5.70 Å². The molecule has 3 heteroatoms. The van der Waals surface area contributed by atoms with Gasteiger partial charge in [0, 0.05) is 6.42 Å². The summed E-state index contributed by atoms with van der Waals surface area (Å²) in [7, 11) is 0. The van der Waals surface area contributed by atoms with E-state index in [2.05, 4.69) is 0 Å². The minimum Gasteiger partial charge on any atom is -0.259 e. The zero-order valence-corrected chi connectivity index (χ0v) is 8.22. The van der Waals surface area contributed by atoms with E-state index >= 15 is 0 Å². The fourth-order valence-corrected chi connectivity index (χ4v) is 1.72. The molecule has 0 radical (unpaired) electrons. The molecule has 1 aromatic rings. The number of hydrogen-bond acceptors (Lipinski definition) is 2. The number of nitro groups is 1. The molecule has 0 unspecified atom stereocenters. The fraction of sp³-hybridized carbons (Fsp3) is 0.167. The van der Waals surface area contributed by atoms with Crippen molar-refractivity contribution in [3.8, 4) is 0 Å². The Labute approximate surface area is 87.9 Å². The largest absolute Gasteiger partial charge is 0.259 e. The SMILES string of the molecule is O=[N+]([O-])C1=C(c2ccccc2)C=CCC1. The van der Waals surface area contributed by atoms with Gasteiger partial charge in [-0.05, 0) is 12.0 Å². The second-order valence-electron chi connectivity index (χ2n) is 3.42. The van der Waals surface area contributed by atoms with Crippen molar-refractivity contribution in [1.29, 1.82) is 0 Å². The van der Waals surface area contributed by atoms with Gasteiger partial charge in [-0.25, -0.2) is 0 Å². The number of rotatable bonds is 2. The van der Waals surface area contributed by atoms with E-state index in [0.29, 0.717) is 12.1 Å². The maximum atomic E-state index is 10.9. The van der Waals surface area contributed by atoms with Gasteiger partial charge in [0.2, 0.25) is 0 Å². The van der Waals surface area contributed by atoms with Crippen molar-refractivity contribution in [2.75, 3.05) is 0 Å². The van der Waals surface area contributed by atoms with Crippen LogP contribution in [0.5, 0.6) is 0 Å². The summed E-state index contributed by atoms with van der Waals surface area (Å²) in [6, 6.07) is 9.48. The second kappa shape index (κ2) is 4.09. The Kier molecular flexibility index (Phi) is 2.63. The second-order valence-corrected chi connectivity index (χ2v) is 3.42. The van der Waals surface area contributed by atoms with Crippen LogP contribution in [-0.4, -0.2) is 4.92 Å². The van der Waals surface area contributed by atoms with Crippen LogP contribution in [0.15, 0.2) is 48.2 Å². The van der Waals surface area contributed by atoms with Crippen molar-refractivity contribution in [1.82, 2.24) is 0 Å². The van der Waals surface area contributed by atoms with Crippen LogP contribution in [0.1, 0.15) is 18.4 Å². The molecule has 3 nitrogen and oxygen atoms in total. The third-order valence-electron chi connectivity index (χ3n) is 2.45. The predicted octanol–water partition coefficient (Wildman–Crippen LogP) is 3.02. The molecular formula is C12H11NO2. The van der Waals surface area contributed by atoms with Crippen LogP contribution in [0.2, 0.25) is 0 Å². The van der Waals surface area contributed by atoms with Crippen molar-refractivity contribution in [2.45, 2.75) is 12.8 Å². The molecule has 1 aliphatic carbocycles. The molecule has 0 fully saturated rings. The molecule has 1 aromatic carbocycles. The third-order valence-corrected chi connectivity index (χ3v) is 2.45. The molecule has 0 spiro atoms. The zero-order valence-electron chi connectivity index (χ0n) is 8.22. The van der Waals surface area contributed by atoms with E-state index in [1.807, 2.05) is 42.5 Å². The van der Waals surface area contributed by atoms with Crippen LogP contribution >= 0.6 is 0 Å². The summed E-state index contributed by atoms with van der Waals surface area (Å²) >= 11 is 0. The van der Waals surface area contributed by atoms with Crippen LogP contribution in [0.3, 0.4) is 0 Å². The van der Waals surface area contributed by atoms with E-state index in [0.717, 1.165) is 17.6 Å². The summed E-state index contributed by atoms with van der Waals surface area (Å²) in [6.45, 7) is 0. The molecule has 0 N–H and O–H groups in total. The lowest BCUT2D eigenvalue weighted by Gasteiger charge is -2.08. The van der Waals surface area contributed by atoms with E-state index in [-0.39, 0.29) is 4.92 Å². The summed E-state index contributed by atoms with van der Waals surface area (Å²) in [5.74, 6) is 0. The highest BCUT2D eigenvalue weighted by molar-refractivity contribution is 5.76. The number of hydrogen-bond donors (Lipinski definition) is 0. The lowest BCUT2D eigenvalue weighted by Crippen LogP contribution is -2.04. The molecule has 0 heterocycles. The highest BCUT2D eigenvalue weighted by Crippen LogP contribution is 2.27. The van der Waals surface area contributed by atoms with E-state index in [1.165, 1.54) is 0 Å². The summed E-state index contributed by atoms with van der Waals surface area (Å²) < 4.78 is 0. The van der Waals surface area contributed by atoms with Gasteiger partial charge in [0.05, 0.1) is 10.5 Å². The van der Waals surface area contributed by atoms with Crippen molar-refractivity contribution >= 4 is 5.57 Å². The smallest absolute Gasteiger partial charge is 0.254 e. The van der Waals surface area contributed by atoms with Gasteiger partial charge in [0.1, 0.15) is 0 Å². The first kappa shape index (κ1) is 9.65. The van der Waals surface area contributed by atoms with Crippen molar-refractivity contribution in [3.63, 3.8) is 0 Å². The third kappa shape index (κ3) is 1.96. The van der Waals surface area contributed by atoms with Gasteiger partial charge in [0.15, 0.2) is 0 Å². The van der Waals surface area contributed by atoms with Crippen molar-refractivity contribution in [2.24, 2.45) is 0 Å². The highest BCUT2D eigenvalue weighted by atomic mass is 16.6. The van der Waals surface area contributed by atoms with Crippen LogP contribution in [0, 0.1) is 10.1 Å². The Hall–Kier alpha value is -1.90. The van der Waals surface area contributed by atoms with E-state index in [1.54, 1.807) is 0 Å². The van der Waals surface area contributed by atoms with Gasteiger partial charge in [-0.2, -0.15) is 0 Å². The molecule has 76 valence electrons. The molecule has 0 saturated heterocycles. The maximum Gasteiger partial charge on any atom is 0.254 e. The lowest BCUT2D eigenvalue weighted by atomic mass is 9.97. The van der Waals surface area contributed by atoms with Gasteiger partial charge >= 0.3 is 0 Å². The first-order chi connectivity index (χ1) is 7.29. The monoisotopic (exact) mass is 201 g/mol. The normalized spacial score (nSPS) is 15.5. The first-order valence-corrected chi connectivity index (χ1v) is 4.88. The number of nitrogens with zero attached hydrogens (tertiary/aromatic N) is 1. The Morgan fingerprint density at radius 3 is 2.60 bits per heavy atom. The van der Waals surface area contributed by atoms with E-state index in [9.17, 15) is 10.1 Å². The number of benzene rings is 1. The molecular weight excluding hydrogens is 190 g/mol. The van der Waals surface area contributed by atoms with E-state index in [4.69, 9.17) is 0 Å². The molecule has 0 atom stereocenters. The molecule has 0 aliphatic heterocycles. The maximum absolute atomic E-state index is 10.9. The molecule has 0 amide bonds. The van der Waals surface area contributed by atoms with Crippen LogP contribution in [0.4, 0.5) is 0 Å². The minimum atomic E-state index is -0.272. The van der Waals surface area contributed by atoms with Gasteiger partial charge in [-0.3, -0.25) is 10.1 Å². The van der Waals surface area contributed by atoms with Crippen LogP contribution in [0.25, 0.3) is 5.57 Å². The quantitative estimate of drug-likeness (QED) is 0.545. The Balaban J connectivity index is 2.49. The molecule has 0 saturated carbocycles. The highest BCUT2D eigenvalue weighted by Gasteiger charge is 2.19. The molecule has 2 rings (SSSR count). The standard InChI is InChI=1S/C12H11NO2/c14-13(15)12-9-5-4-8-11(12)10-6-2-1-3-7-10/h1-4,6-8H,5,9H2. The Bertz CT molecular complexity index is 432. The minimum absolute atomic E-state index is 0.272. The zero-order chi connectivity index (χ0) is 10.7. The topological polar surface area (TPSA) is 43.1 Å². The average Bonchev–Trinajstić information content (AvgIpc) is 2.30. The first-order valence-electron chi connectivity index (χ1n) is 4.88. The van der Waals surface area contributed by atoms with Gasteiger partial charge in [-0.1, -0.05) is 42.5 Å². The van der Waals surface area contributed by atoms with Gasteiger partial charge < -0.3 is 0 Å². The average molecular weight is 201 g/mol. The Morgan fingerprint density at radius 2 is 1.93 bits per heavy atom. The van der Waals surface area contributed by atoms with Gasteiger partial charge in [-0.15, -0.1) is 0 Å². The Morgan fingerprint density at radius 1 is 1.20 bits per heavy atom. The molecule has 15 heavy (non-hydrogen) atoms. The van der Waals surface area contributed by atoms with Crippen molar-refractivity contribution in [3.05, 3.63) is 63.9 Å². The lowest BCUT2D eigenvalue weighted by molar-refractivity contribution is -0.426. The molecule has 0 bridgehead atoms. The summed E-state index contributed by atoms with van der Waals surface area (Å²) in [6.07, 6.45) is 5.10. The number of allylic oxidation sites excluding steroid dienone is 4. The van der Waals surface area contributed by atoms with Crippen LogP contribution in [-0.2, 0) is 0 Å². The van der Waals surface area contributed by atoms with Crippen LogP contribution < -0.4 is 0 Å².